The molecule has 0 aromatic carbocycles. The molecule has 3 N–H and O–H groups in total. The Morgan fingerprint density at radius 3 is 2.50 bits per heavy atom. The molecule has 8 heteroatoms. The standard InChI is InChI=1S/C8H14N2O5S/c1-8(2-3-16(14,15)5-8)10-7(13)9-4-6(11)12/h2-5H2,1H3,(H,11,12)(H2,9,10,13). The van der Waals surface area contributed by atoms with Crippen LogP contribution in [0.2, 0.25) is 0 Å². The van der Waals surface area contributed by atoms with E-state index in [1.165, 1.54) is 0 Å². The zero-order valence-corrected chi connectivity index (χ0v) is 9.63. The van der Waals surface area contributed by atoms with Crippen molar-refractivity contribution in [1.29, 1.82) is 0 Å². The molecular weight excluding hydrogens is 236 g/mol. The van der Waals surface area contributed by atoms with E-state index in [1.54, 1.807) is 6.92 Å². The number of nitrogens with one attached hydrogen (secondary N) is 2. The molecule has 1 unspecified atom stereocenters. The number of carbonyl (C=O) groups excluding carboxylic acids is 1. The molecule has 0 bridgehead atoms. The third-order valence-electron chi connectivity index (χ3n) is 2.32. The number of carbonyl (C=O) groups is 2. The van der Waals surface area contributed by atoms with Gasteiger partial charge >= 0.3 is 12.0 Å². The summed E-state index contributed by atoms with van der Waals surface area (Å²) >= 11 is 0. The van der Waals surface area contributed by atoms with Gasteiger partial charge in [-0.25, -0.2) is 13.2 Å². The van der Waals surface area contributed by atoms with E-state index in [9.17, 15) is 18.0 Å². The number of amides is 2. The minimum atomic E-state index is -3.09. The van der Waals surface area contributed by atoms with Crippen molar-refractivity contribution in [1.82, 2.24) is 10.6 Å². The number of hydrogen-bond donors (Lipinski definition) is 3. The molecule has 7 nitrogen and oxygen atoms in total. The lowest BCUT2D eigenvalue weighted by molar-refractivity contribution is -0.135. The Kier molecular flexibility index (Phi) is 3.41. The predicted molar refractivity (Wildman–Crippen MR) is 55.8 cm³/mol. The van der Waals surface area contributed by atoms with E-state index in [-0.39, 0.29) is 11.5 Å². The lowest BCUT2D eigenvalue weighted by Gasteiger charge is -2.23. The van der Waals surface area contributed by atoms with E-state index in [0.29, 0.717) is 6.42 Å². The molecule has 1 aliphatic heterocycles. The average molecular weight is 250 g/mol. The third kappa shape index (κ3) is 3.69. The summed E-state index contributed by atoms with van der Waals surface area (Å²) in [5.41, 5.74) is -0.804. The van der Waals surface area contributed by atoms with Gasteiger partial charge in [-0.1, -0.05) is 0 Å². The van der Waals surface area contributed by atoms with Crippen molar-refractivity contribution < 1.29 is 23.1 Å². The second-order valence-electron chi connectivity index (χ2n) is 4.10. The van der Waals surface area contributed by atoms with E-state index in [1.807, 2.05) is 0 Å². The van der Waals surface area contributed by atoms with Crippen LogP contribution >= 0.6 is 0 Å². The van der Waals surface area contributed by atoms with Crippen LogP contribution in [0.25, 0.3) is 0 Å². The van der Waals surface area contributed by atoms with Gasteiger partial charge in [0.15, 0.2) is 9.84 Å². The van der Waals surface area contributed by atoms with Crippen molar-refractivity contribution >= 4 is 21.8 Å². The van der Waals surface area contributed by atoms with Gasteiger partial charge in [-0.15, -0.1) is 0 Å². The molecule has 0 aromatic rings. The first-order valence-electron chi connectivity index (χ1n) is 4.71. The summed E-state index contributed by atoms with van der Waals surface area (Å²) in [7, 11) is -3.09. The Bertz CT molecular complexity index is 405. The molecular formula is C8H14N2O5S. The number of carboxylic acids is 1. The van der Waals surface area contributed by atoms with Crippen LogP contribution in [0.4, 0.5) is 4.79 Å². The molecule has 0 spiro atoms. The second-order valence-corrected chi connectivity index (χ2v) is 6.29. The van der Waals surface area contributed by atoms with Crippen molar-refractivity contribution in [3.8, 4) is 0 Å². The summed E-state index contributed by atoms with van der Waals surface area (Å²) < 4.78 is 22.5. The number of sulfone groups is 1. The van der Waals surface area contributed by atoms with Crippen LogP contribution in [0.1, 0.15) is 13.3 Å². The van der Waals surface area contributed by atoms with Gasteiger partial charge in [-0.2, -0.15) is 0 Å². The molecule has 2 amide bonds. The number of aliphatic carboxylic acids is 1. The van der Waals surface area contributed by atoms with Crippen LogP contribution in [-0.2, 0) is 14.6 Å². The quantitative estimate of drug-likeness (QED) is 0.591. The molecule has 1 aliphatic rings. The number of hydrogen-bond acceptors (Lipinski definition) is 4. The zero-order chi connectivity index (χ0) is 12.4. The van der Waals surface area contributed by atoms with Crippen molar-refractivity contribution in [2.75, 3.05) is 18.1 Å². The normalized spacial score (nSPS) is 27.3. The van der Waals surface area contributed by atoms with Gasteiger partial charge in [0, 0.05) is 0 Å². The number of rotatable bonds is 3. The Labute approximate surface area is 93.1 Å². The fraction of sp³-hybridized carbons (Fsp3) is 0.750. The minimum Gasteiger partial charge on any atom is -0.480 e. The average Bonchev–Trinajstić information content (AvgIpc) is 2.37. The Morgan fingerprint density at radius 1 is 1.44 bits per heavy atom. The highest BCUT2D eigenvalue weighted by molar-refractivity contribution is 7.91. The molecule has 1 fully saturated rings. The Hall–Kier alpha value is -1.31. The SMILES string of the molecule is CC1(NC(=O)NCC(=O)O)CCS(=O)(=O)C1. The molecule has 16 heavy (non-hydrogen) atoms. The fourth-order valence-electron chi connectivity index (χ4n) is 1.58. The number of urea groups is 1. The monoisotopic (exact) mass is 250 g/mol. The Balaban J connectivity index is 2.48. The van der Waals surface area contributed by atoms with Gasteiger partial charge in [-0.3, -0.25) is 4.79 Å². The highest BCUT2D eigenvalue weighted by atomic mass is 32.2. The first-order valence-corrected chi connectivity index (χ1v) is 6.53. The van der Waals surface area contributed by atoms with E-state index < -0.39 is 33.9 Å². The van der Waals surface area contributed by atoms with Crippen molar-refractivity contribution in [3.63, 3.8) is 0 Å². The summed E-state index contributed by atoms with van der Waals surface area (Å²) in [6.45, 7) is 1.13. The minimum absolute atomic E-state index is 0.0444. The van der Waals surface area contributed by atoms with Gasteiger partial charge in [0.05, 0.1) is 17.0 Å². The topological polar surface area (TPSA) is 113 Å². The first kappa shape index (κ1) is 12.8. The van der Waals surface area contributed by atoms with E-state index >= 15 is 0 Å². The summed E-state index contributed by atoms with van der Waals surface area (Å²) in [6.07, 6.45) is 0.343. The van der Waals surface area contributed by atoms with Gasteiger partial charge < -0.3 is 15.7 Å². The Morgan fingerprint density at radius 2 is 2.06 bits per heavy atom. The van der Waals surface area contributed by atoms with E-state index in [0.717, 1.165) is 0 Å². The molecule has 92 valence electrons. The van der Waals surface area contributed by atoms with Gasteiger partial charge in [0.25, 0.3) is 0 Å². The molecule has 0 radical (unpaired) electrons. The highest BCUT2D eigenvalue weighted by Crippen LogP contribution is 2.22. The summed E-state index contributed by atoms with van der Waals surface area (Å²) in [6, 6.07) is -0.665. The maximum atomic E-state index is 11.2. The first-order chi connectivity index (χ1) is 7.22. The largest absolute Gasteiger partial charge is 0.480 e. The lowest BCUT2D eigenvalue weighted by atomic mass is 10.0. The van der Waals surface area contributed by atoms with Crippen LogP contribution in [0.3, 0.4) is 0 Å². The van der Waals surface area contributed by atoms with Gasteiger partial charge in [0.2, 0.25) is 0 Å². The van der Waals surface area contributed by atoms with E-state index in [2.05, 4.69) is 10.6 Å². The summed E-state index contributed by atoms with van der Waals surface area (Å²) in [4.78, 5) is 21.4. The van der Waals surface area contributed by atoms with Crippen LogP contribution < -0.4 is 10.6 Å². The van der Waals surface area contributed by atoms with Crippen molar-refractivity contribution in [2.24, 2.45) is 0 Å². The van der Waals surface area contributed by atoms with Crippen LogP contribution in [-0.4, -0.2) is 49.1 Å². The van der Waals surface area contributed by atoms with Crippen LogP contribution in [0.5, 0.6) is 0 Å². The summed E-state index contributed by atoms with van der Waals surface area (Å²) in [5, 5.41) is 12.9. The fourth-order valence-corrected chi connectivity index (χ4v) is 3.68. The molecule has 0 aliphatic carbocycles. The zero-order valence-electron chi connectivity index (χ0n) is 8.82. The van der Waals surface area contributed by atoms with Gasteiger partial charge in [-0.05, 0) is 13.3 Å². The lowest BCUT2D eigenvalue weighted by Crippen LogP contribution is -2.51. The van der Waals surface area contributed by atoms with Crippen LogP contribution in [0.15, 0.2) is 0 Å². The third-order valence-corrected chi connectivity index (χ3v) is 4.22. The molecule has 1 rings (SSSR count). The molecule has 0 aromatic heterocycles. The molecule has 1 atom stereocenters. The van der Waals surface area contributed by atoms with E-state index in [4.69, 9.17) is 5.11 Å². The molecule has 1 saturated heterocycles. The van der Waals surface area contributed by atoms with Gasteiger partial charge in [0.1, 0.15) is 6.54 Å². The molecule has 0 saturated carbocycles. The van der Waals surface area contributed by atoms with Crippen molar-refractivity contribution in [3.05, 3.63) is 0 Å². The maximum absolute atomic E-state index is 11.2. The number of carboxylic acid groups (broad SMARTS) is 1. The molecule has 1 heterocycles. The van der Waals surface area contributed by atoms with Crippen molar-refractivity contribution in [2.45, 2.75) is 18.9 Å². The highest BCUT2D eigenvalue weighted by Gasteiger charge is 2.39. The smallest absolute Gasteiger partial charge is 0.323 e. The second kappa shape index (κ2) is 4.28. The van der Waals surface area contributed by atoms with Crippen LogP contribution in [0, 0.1) is 0 Å². The maximum Gasteiger partial charge on any atom is 0.323 e. The predicted octanol–water partition coefficient (Wildman–Crippen LogP) is -1.05. The summed E-state index contributed by atoms with van der Waals surface area (Å²) in [5.74, 6) is -1.22.